The molecular weight excluding hydrogens is 316 g/mol. The topological polar surface area (TPSA) is 69.0 Å². The highest BCUT2D eigenvalue weighted by molar-refractivity contribution is 5.84. The summed E-state index contributed by atoms with van der Waals surface area (Å²) in [4.78, 5) is 16.8. The lowest BCUT2D eigenvalue weighted by Crippen LogP contribution is -2.35. The van der Waals surface area contributed by atoms with Gasteiger partial charge in [-0.3, -0.25) is 9.48 Å². The van der Waals surface area contributed by atoms with Crippen LogP contribution in [0.1, 0.15) is 25.1 Å². The number of para-hydroxylation sites is 1. The van der Waals surface area contributed by atoms with Gasteiger partial charge in [0, 0.05) is 23.5 Å². The number of ether oxygens (including phenoxy) is 1. The highest BCUT2D eigenvalue weighted by atomic mass is 16.5. The molecule has 0 spiro atoms. The average Bonchev–Trinajstić information content (AvgIpc) is 3.14. The van der Waals surface area contributed by atoms with E-state index in [-0.39, 0.29) is 11.9 Å². The molecule has 2 heterocycles. The molecule has 1 unspecified atom stereocenters. The first-order chi connectivity index (χ1) is 12.2. The van der Waals surface area contributed by atoms with Crippen LogP contribution in [-0.2, 0) is 4.79 Å². The van der Waals surface area contributed by atoms with E-state index in [9.17, 15) is 4.79 Å². The van der Waals surface area contributed by atoms with Crippen molar-refractivity contribution in [1.82, 2.24) is 20.1 Å². The fourth-order valence-corrected chi connectivity index (χ4v) is 2.74. The predicted molar refractivity (Wildman–Crippen MR) is 96.5 cm³/mol. The van der Waals surface area contributed by atoms with Crippen LogP contribution >= 0.6 is 0 Å². The van der Waals surface area contributed by atoms with Crippen molar-refractivity contribution in [2.75, 3.05) is 13.2 Å². The third-order valence-corrected chi connectivity index (χ3v) is 4.01. The Kier molecular flexibility index (Phi) is 5.28. The second-order valence-corrected chi connectivity index (χ2v) is 5.83. The number of carbonyl (C=O) groups is 1. The highest BCUT2D eigenvalue weighted by Gasteiger charge is 2.17. The van der Waals surface area contributed by atoms with Crippen molar-refractivity contribution in [3.8, 4) is 5.75 Å². The molecule has 0 radical (unpaired) electrons. The van der Waals surface area contributed by atoms with Crippen molar-refractivity contribution in [3.63, 3.8) is 0 Å². The van der Waals surface area contributed by atoms with Gasteiger partial charge in [-0.2, -0.15) is 5.10 Å². The maximum absolute atomic E-state index is 12.3. The van der Waals surface area contributed by atoms with E-state index in [0.29, 0.717) is 19.6 Å². The molecule has 6 heteroatoms. The number of hydrogen-bond acceptors (Lipinski definition) is 4. The van der Waals surface area contributed by atoms with Crippen molar-refractivity contribution < 1.29 is 9.53 Å². The van der Waals surface area contributed by atoms with E-state index in [1.807, 2.05) is 50.2 Å². The van der Waals surface area contributed by atoms with E-state index >= 15 is 0 Å². The van der Waals surface area contributed by atoms with Crippen LogP contribution in [0.2, 0.25) is 0 Å². The Hall–Kier alpha value is -2.89. The van der Waals surface area contributed by atoms with Crippen LogP contribution in [0.4, 0.5) is 0 Å². The lowest BCUT2D eigenvalue weighted by molar-refractivity contribution is -0.124. The van der Waals surface area contributed by atoms with Crippen LogP contribution in [0.5, 0.6) is 5.75 Å². The summed E-state index contributed by atoms with van der Waals surface area (Å²) >= 11 is 0. The molecule has 0 aliphatic rings. The fraction of sp³-hybridized carbons (Fsp3) is 0.316. The van der Waals surface area contributed by atoms with Gasteiger partial charge >= 0.3 is 0 Å². The molecule has 6 nitrogen and oxygen atoms in total. The van der Waals surface area contributed by atoms with Gasteiger partial charge in [-0.15, -0.1) is 0 Å². The first kappa shape index (κ1) is 17.0. The zero-order valence-corrected chi connectivity index (χ0v) is 14.5. The maximum atomic E-state index is 12.3. The number of pyridine rings is 1. The summed E-state index contributed by atoms with van der Waals surface area (Å²) in [7, 11) is 0. The molecule has 0 saturated heterocycles. The number of benzene rings is 1. The molecule has 1 N–H and O–H groups in total. The summed E-state index contributed by atoms with van der Waals surface area (Å²) < 4.78 is 7.50. The Morgan fingerprint density at radius 1 is 1.28 bits per heavy atom. The maximum Gasteiger partial charge on any atom is 0.244 e. The second kappa shape index (κ2) is 7.79. The zero-order valence-electron chi connectivity index (χ0n) is 14.5. The summed E-state index contributed by atoms with van der Waals surface area (Å²) in [6.45, 7) is 4.73. The van der Waals surface area contributed by atoms with E-state index in [1.54, 1.807) is 17.1 Å². The van der Waals surface area contributed by atoms with Crippen molar-refractivity contribution in [2.24, 2.45) is 0 Å². The molecule has 3 aromatic rings. The van der Waals surface area contributed by atoms with Crippen molar-refractivity contribution in [1.29, 1.82) is 0 Å². The largest absolute Gasteiger partial charge is 0.489 e. The summed E-state index contributed by atoms with van der Waals surface area (Å²) in [5, 5.41) is 8.09. The van der Waals surface area contributed by atoms with Crippen molar-refractivity contribution in [2.45, 2.75) is 26.3 Å². The van der Waals surface area contributed by atoms with Crippen molar-refractivity contribution in [3.05, 3.63) is 54.5 Å². The third kappa shape index (κ3) is 3.96. The number of rotatable bonds is 7. The summed E-state index contributed by atoms with van der Waals surface area (Å²) in [6, 6.07) is 11.4. The van der Waals surface area contributed by atoms with Gasteiger partial charge in [-0.05, 0) is 31.5 Å². The molecule has 2 aromatic heterocycles. The summed E-state index contributed by atoms with van der Waals surface area (Å²) in [6.07, 6.45) is 4.16. The standard InChI is InChI=1S/C19H22N4O2/c1-3-16(23-12-5-10-21-23)19(24)20-11-13-25-17-7-4-6-15-9-8-14(2)22-18(15)17/h4-10,12,16H,3,11,13H2,1-2H3,(H,20,24). The predicted octanol–water partition coefficient (Wildman–Crippen LogP) is 2.89. The summed E-state index contributed by atoms with van der Waals surface area (Å²) in [5.41, 5.74) is 1.79. The van der Waals surface area contributed by atoms with E-state index in [1.165, 1.54) is 0 Å². The SMILES string of the molecule is CCC(C(=O)NCCOc1cccc2ccc(C)nc12)n1cccn1. The van der Waals surface area contributed by atoms with Crippen molar-refractivity contribution >= 4 is 16.8 Å². The van der Waals surface area contributed by atoms with Gasteiger partial charge < -0.3 is 10.1 Å². The minimum absolute atomic E-state index is 0.0540. The number of amides is 1. The Morgan fingerprint density at radius 2 is 2.16 bits per heavy atom. The van der Waals surface area contributed by atoms with E-state index in [4.69, 9.17) is 4.74 Å². The molecule has 1 aromatic carbocycles. The zero-order chi connectivity index (χ0) is 17.6. The molecule has 0 fully saturated rings. The number of carbonyl (C=O) groups excluding carboxylic acids is 1. The minimum Gasteiger partial charge on any atom is -0.489 e. The Bertz CT molecular complexity index is 846. The quantitative estimate of drug-likeness (QED) is 0.673. The average molecular weight is 338 g/mol. The number of nitrogens with one attached hydrogen (secondary N) is 1. The molecule has 0 aliphatic heterocycles. The molecule has 3 rings (SSSR count). The fourth-order valence-electron chi connectivity index (χ4n) is 2.74. The molecule has 0 aliphatic carbocycles. The highest BCUT2D eigenvalue weighted by Crippen LogP contribution is 2.23. The molecule has 1 amide bonds. The number of fused-ring (bicyclic) bond motifs is 1. The van der Waals surface area contributed by atoms with Gasteiger partial charge in [0.25, 0.3) is 0 Å². The normalized spacial score (nSPS) is 12.1. The first-order valence-corrected chi connectivity index (χ1v) is 8.45. The van der Waals surface area contributed by atoms with Gasteiger partial charge in [0.1, 0.15) is 23.9 Å². The summed E-state index contributed by atoms with van der Waals surface area (Å²) in [5.74, 6) is 0.677. The van der Waals surface area contributed by atoms with E-state index in [0.717, 1.165) is 22.3 Å². The molecule has 1 atom stereocenters. The van der Waals surface area contributed by atoms with Gasteiger partial charge in [-0.25, -0.2) is 4.98 Å². The Balaban J connectivity index is 1.57. The van der Waals surface area contributed by atoms with Gasteiger partial charge in [0.15, 0.2) is 0 Å². The van der Waals surface area contributed by atoms with Crippen LogP contribution in [0.3, 0.4) is 0 Å². The molecule has 130 valence electrons. The monoisotopic (exact) mass is 338 g/mol. The Morgan fingerprint density at radius 3 is 2.92 bits per heavy atom. The lowest BCUT2D eigenvalue weighted by atomic mass is 10.2. The van der Waals surface area contributed by atoms with Gasteiger partial charge in [0.05, 0.1) is 6.54 Å². The Labute approximate surface area is 146 Å². The smallest absolute Gasteiger partial charge is 0.244 e. The second-order valence-electron chi connectivity index (χ2n) is 5.83. The first-order valence-electron chi connectivity index (χ1n) is 8.45. The molecule has 0 saturated carbocycles. The molecule has 0 bridgehead atoms. The van der Waals surface area contributed by atoms with Crippen LogP contribution in [-0.4, -0.2) is 33.8 Å². The van der Waals surface area contributed by atoms with E-state index < -0.39 is 0 Å². The molecular formula is C19H22N4O2. The van der Waals surface area contributed by atoms with Crippen LogP contribution in [0, 0.1) is 6.92 Å². The third-order valence-electron chi connectivity index (χ3n) is 4.01. The number of aryl methyl sites for hydroxylation is 1. The number of hydrogen-bond donors (Lipinski definition) is 1. The number of nitrogens with zero attached hydrogens (tertiary/aromatic N) is 3. The van der Waals surface area contributed by atoms with Gasteiger partial charge in [-0.1, -0.05) is 25.1 Å². The van der Waals surface area contributed by atoms with Gasteiger partial charge in [0.2, 0.25) is 5.91 Å². The van der Waals surface area contributed by atoms with Crippen LogP contribution in [0.25, 0.3) is 10.9 Å². The van der Waals surface area contributed by atoms with E-state index in [2.05, 4.69) is 15.4 Å². The minimum atomic E-state index is -0.295. The van der Waals surface area contributed by atoms with Crippen LogP contribution in [0.15, 0.2) is 48.8 Å². The lowest BCUT2D eigenvalue weighted by Gasteiger charge is -2.16. The number of aromatic nitrogens is 3. The molecule has 25 heavy (non-hydrogen) atoms. The van der Waals surface area contributed by atoms with Crippen LogP contribution < -0.4 is 10.1 Å².